The smallest absolute Gasteiger partial charge is 0.0931 e. The van der Waals surface area contributed by atoms with Gasteiger partial charge in [0.15, 0.2) is 0 Å². The molecular weight excluding hydrogens is 308 g/mol. The first-order valence-corrected chi connectivity index (χ1v) is 8.89. The summed E-state index contributed by atoms with van der Waals surface area (Å²) in [6, 6.07) is 8.56. The Hall–Kier alpha value is -0.390. The van der Waals surface area contributed by atoms with E-state index >= 15 is 0 Å². The summed E-state index contributed by atoms with van der Waals surface area (Å²) in [7, 11) is 2.16. The van der Waals surface area contributed by atoms with Crippen molar-refractivity contribution in [3.05, 3.63) is 43.2 Å². The molecule has 2 aromatic rings. The van der Waals surface area contributed by atoms with Crippen molar-refractivity contribution in [2.45, 2.75) is 33.0 Å². The minimum Gasteiger partial charge on any atom is -0.312 e. The number of thiophene rings is 2. The molecule has 2 nitrogen and oxygen atoms in total. The Morgan fingerprint density at radius 1 is 1.05 bits per heavy atom. The molecule has 0 spiro atoms. The Morgan fingerprint density at radius 2 is 1.70 bits per heavy atom. The van der Waals surface area contributed by atoms with Crippen LogP contribution < -0.4 is 5.32 Å². The van der Waals surface area contributed by atoms with Crippen LogP contribution in [0.3, 0.4) is 0 Å². The third-order valence-electron chi connectivity index (χ3n) is 2.92. The van der Waals surface area contributed by atoms with E-state index in [1.54, 1.807) is 11.3 Å². The molecule has 0 fully saturated rings. The van der Waals surface area contributed by atoms with Gasteiger partial charge in [0.2, 0.25) is 0 Å². The molecule has 0 aliphatic carbocycles. The maximum absolute atomic E-state index is 5.96. The van der Waals surface area contributed by atoms with Crippen LogP contribution in [-0.2, 0) is 19.6 Å². The maximum Gasteiger partial charge on any atom is 0.0931 e. The molecule has 0 amide bonds. The molecule has 2 rings (SSSR count). The number of hydrogen-bond donors (Lipinski definition) is 1. The van der Waals surface area contributed by atoms with E-state index in [-0.39, 0.29) is 0 Å². The van der Waals surface area contributed by atoms with Crippen LogP contribution in [0.25, 0.3) is 0 Å². The number of rotatable bonds is 8. The third kappa shape index (κ3) is 5.19. The van der Waals surface area contributed by atoms with Gasteiger partial charge in [0.25, 0.3) is 0 Å². The summed E-state index contributed by atoms with van der Waals surface area (Å²) in [5.41, 5.74) is 0. The third-order valence-corrected chi connectivity index (χ3v) is 5.21. The van der Waals surface area contributed by atoms with Crippen LogP contribution in [0.4, 0.5) is 0 Å². The molecule has 0 atom stereocenters. The maximum atomic E-state index is 5.96. The highest BCUT2D eigenvalue weighted by Crippen LogP contribution is 2.24. The lowest BCUT2D eigenvalue weighted by Crippen LogP contribution is -2.15. The zero-order valence-corrected chi connectivity index (χ0v) is 14.4. The zero-order valence-electron chi connectivity index (χ0n) is 12.0. The van der Waals surface area contributed by atoms with E-state index in [1.165, 1.54) is 21.1 Å². The Bertz CT molecular complexity index is 521. The van der Waals surface area contributed by atoms with Crippen molar-refractivity contribution in [3.63, 3.8) is 0 Å². The fraction of sp³-hybridized carbons (Fsp3) is 0.467. The van der Waals surface area contributed by atoms with E-state index in [4.69, 9.17) is 11.6 Å². The average molecular weight is 329 g/mol. The Kier molecular flexibility index (Phi) is 6.52. The minimum atomic E-state index is 0.869. The molecule has 0 unspecified atom stereocenters. The van der Waals surface area contributed by atoms with Crippen molar-refractivity contribution in [2.24, 2.45) is 0 Å². The molecule has 20 heavy (non-hydrogen) atoms. The minimum absolute atomic E-state index is 0.869. The summed E-state index contributed by atoms with van der Waals surface area (Å²) in [6.45, 7) is 6.22. The lowest BCUT2D eigenvalue weighted by Gasteiger charge is -2.14. The molecule has 2 aromatic heterocycles. The molecular formula is C15H21ClN2S2. The lowest BCUT2D eigenvalue weighted by atomic mass is 10.3. The van der Waals surface area contributed by atoms with Crippen molar-refractivity contribution in [2.75, 3.05) is 13.6 Å². The molecule has 0 aliphatic heterocycles. The van der Waals surface area contributed by atoms with Crippen LogP contribution in [-0.4, -0.2) is 18.5 Å². The van der Waals surface area contributed by atoms with E-state index in [9.17, 15) is 0 Å². The highest BCUT2D eigenvalue weighted by Gasteiger charge is 2.06. The first-order valence-electron chi connectivity index (χ1n) is 6.88. The van der Waals surface area contributed by atoms with Crippen LogP contribution in [0.1, 0.15) is 28.0 Å². The quantitative estimate of drug-likeness (QED) is 0.713. The van der Waals surface area contributed by atoms with Gasteiger partial charge in [0, 0.05) is 34.3 Å². The molecule has 0 saturated heterocycles. The van der Waals surface area contributed by atoms with Gasteiger partial charge in [-0.1, -0.05) is 18.5 Å². The van der Waals surface area contributed by atoms with Gasteiger partial charge in [-0.3, -0.25) is 4.90 Å². The SMILES string of the molecule is CCCNCc1ccc(CN(C)Cc2ccc(Cl)s2)s1. The van der Waals surface area contributed by atoms with Gasteiger partial charge in [-0.25, -0.2) is 0 Å². The molecule has 0 aromatic carbocycles. The standard InChI is InChI=1S/C15H21ClN2S2/c1-3-8-17-9-12-4-5-13(19-12)10-18(2)11-14-6-7-15(16)20-14/h4-7,17H,3,8-11H2,1-2H3. The molecule has 0 bridgehead atoms. The average Bonchev–Trinajstić information content (AvgIpc) is 2.99. The summed E-state index contributed by atoms with van der Waals surface area (Å²) in [5, 5.41) is 3.44. The van der Waals surface area contributed by atoms with Crippen LogP contribution >= 0.6 is 34.3 Å². The van der Waals surface area contributed by atoms with Gasteiger partial charge >= 0.3 is 0 Å². The molecule has 0 saturated carbocycles. The number of nitrogens with zero attached hydrogens (tertiary/aromatic N) is 1. The Balaban J connectivity index is 1.80. The van der Waals surface area contributed by atoms with E-state index in [0.717, 1.165) is 30.5 Å². The molecule has 110 valence electrons. The summed E-state index contributed by atoms with van der Waals surface area (Å²) in [6.07, 6.45) is 1.18. The van der Waals surface area contributed by atoms with Crippen LogP contribution in [0.5, 0.6) is 0 Å². The van der Waals surface area contributed by atoms with E-state index in [1.807, 2.05) is 17.4 Å². The molecule has 0 aliphatic rings. The number of hydrogen-bond acceptors (Lipinski definition) is 4. The monoisotopic (exact) mass is 328 g/mol. The summed E-state index contributed by atoms with van der Waals surface area (Å²) in [4.78, 5) is 6.49. The molecule has 1 N–H and O–H groups in total. The van der Waals surface area contributed by atoms with Crippen molar-refractivity contribution < 1.29 is 0 Å². The summed E-state index contributed by atoms with van der Waals surface area (Å²) < 4.78 is 0.869. The van der Waals surface area contributed by atoms with Gasteiger partial charge < -0.3 is 5.32 Å². The molecule has 0 radical (unpaired) electrons. The first-order chi connectivity index (χ1) is 9.67. The zero-order chi connectivity index (χ0) is 14.4. The fourth-order valence-corrected chi connectivity index (χ4v) is 4.25. The van der Waals surface area contributed by atoms with Gasteiger partial charge in [-0.15, -0.1) is 22.7 Å². The first kappa shape index (κ1) is 16.0. The highest BCUT2D eigenvalue weighted by atomic mass is 35.5. The number of halogens is 1. The lowest BCUT2D eigenvalue weighted by molar-refractivity contribution is 0.325. The molecule has 5 heteroatoms. The van der Waals surface area contributed by atoms with Gasteiger partial charge in [0.05, 0.1) is 4.34 Å². The van der Waals surface area contributed by atoms with E-state index in [2.05, 4.69) is 42.4 Å². The summed E-state index contributed by atoms with van der Waals surface area (Å²) >= 11 is 9.53. The normalized spacial score (nSPS) is 11.4. The van der Waals surface area contributed by atoms with E-state index in [0.29, 0.717) is 0 Å². The van der Waals surface area contributed by atoms with Crippen molar-refractivity contribution in [1.29, 1.82) is 0 Å². The predicted octanol–water partition coefficient (Wildman–Crippen LogP) is 4.59. The van der Waals surface area contributed by atoms with Crippen molar-refractivity contribution in [1.82, 2.24) is 10.2 Å². The summed E-state index contributed by atoms with van der Waals surface area (Å²) in [5.74, 6) is 0. The fourth-order valence-electron chi connectivity index (χ4n) is 2.02. The second kappa shape index (κ2) is 8.15. The van der Waals surface area contributed by atoms with Crippen LogP contribution in [0.15, 0.2) is 24.3 Å². The van der Waals surface area contributed by atoms with Crippen LogP contribution in [0, 0.1) is 0 Å². The molecule has 2 heterocycles. The van der Waals surface area contributed by atoms with Gasteiger partial charge in [-0.2, -0.15) is 0 Å². The number of nitrogens with one attached hydrogen (secondary N) is 1. The van der Waals surface area contributed by atoms with Gasteiger partial charge in [0.1, 0.15) is 0 Å². The Morgan fingerprint density at radius 3 is 2.35 bits per heavy atom. The second-order valence-corrected chi connectivity index (χ2v) is 7.98. The van der Waals surface area contributed by atoms with E-state index < -0.39 is 0 Å². The second-order valence-electron chi connectivity index (χ2n) is 4.92. The highest BCUT2D eigenvalue weighted by molar-refractivity contribution is 7.16. The van der Waals surface area contributed by atoms with Crippen molar-refractivity contribution in [3.8, 4) is 0 Å². The topological polar surface area (TPSA) is 15.3 Å². The Labute approximate surface area is 134 Å². The van der Waals surface area contributed by atoms with Crippen molar-refractivity contribution >= 4 is 34.3 Å². The predicted molar refractivity (Wildman–Crippen MR) is 90.8 cm³/mol. The van der Waals surface area contributed by atoms with Gasteiger partial charge in [-0.05, 0) is 44.3 Å². The largest absolute Gasteiger partial charge is 0.312 e. The van der Waals surface area contributed by atoms with Crippen LogP contribution in [0.2, 0.25) is 4.34 Å².